The molecule has 1 unspecified atom stereocenters. The first-order chi connectivity index (χ1) is 11.2. The maximum atomic E-state index is 12.1. The van der Waals surface area contributed by atoms with Crippen molar-refractivity contribution in [3.8, 4) is 5.75 Å². The van der Waals surface area contributed by atoms with Crippen LogP contribution in [0.4, 0.5) is 13.2 Å². The third-order valence-electron chi connectivity index (χ3n) is 4.34. The van der Waals surface area contributed by atoms with Crippen molar-refractivity contribution in [3.05, 3.63) is 29.8 Å². The van der Waals surface area contributed by atoms with Gasteiger partial charge in [-0.1, -0.05) is 12.1 Å². The number of ether oxygens (including phenoxy) is 1. The van der Waals surface area contributed by atoms with Crippen LogP contribution in [0.2, 0.25) is 0 Å². The topological polar surface area (TPSA) is 58.6 Å². The Morgan fingerprint density at radius 3 is 2.33 bits per heavy atom. The van der Waals surface area contributed by atoms with Crippen LogP contribution in [0, 0.1) is 5.92 Å². The van der Waals surface area contributed by atoms with Crippen LogP contribution >= 0.6 is 0 Å². The molecule has 1 aliphatic carbocycles. The molecule has 0 aromatic heterocycles. The Balaban J connectivity index is 1.82. The largest absolute Gasteiger partial charge is 0.484 e. The molecule has 0 saturated heterocycles. The first kappa shape index (κ1) is 18.6. The summed E-state index contributed by atoms with van der Waals surface area (Å²) in [4.78, 5) is 10.9. The van der Waals surface area contributed by atoms with E-state index in [1.807, 2.05) is 6.92 Å². The zero-order valence-electron chi connectivity index (χ0n) is 13.5. The SMILES string of the molecule is CC(NC1CCC(C(=O)O)CC1)c1ccc(OCC(F)(F)F)cc1. The van der Waals surface area contributed by atoms with Crippen molar-refractivity contribution in [2.75, 3.05) is 6.61 Å². The van der Waals surface area contributed by atoms with Gasteiger partial charge in [-0.05, 0) is 50.3 Å². The zero-order chi connectivity index (χ0) is 17.7. The molecule has 0 bridgehead atoms. The molecule has 0 radical (unpaired) electrons. The Hall–Kier alpha value is -1.76. The van der Waals surface area contributed by atoms with Crippen molar-refractivity contribution in [1.29, 1.82) is 0 Å². The van der Waals surface area contributed by atoms with E-state index in [0.717, 1.165) is 18.4 Å². The maximum absolute atomic E-state index is 12.1. The number of rotatable bonds is 6. The van der Waals surface area contributed by atoms with Crippen molar-refractivity contribution < 1.29 is 27.8 Å². The fourth-order valence-corrected chi connectivity index (χ4v) is 2.97. The van der Waals surface area contributed by atoms with Gasteiger partial charge < -0.3 is 15.2 Å². The predicted molar refractivity (Wildman–Crippen MR) is 82.9 cm³/mol. The highest BCUT2D eigenvalue weighted by Crippen LogP contribution is 2.27. The minimum Gasteiger partial charge on any atom is -0.484 e. The minimum absolute atomic E-state index is 0.0352. The second kappa shape index (κ2) is 7.88. The molecule has 1 aromatic carbocycles. The highest BCUT2D eigenvalue weighted by Gasteiger charge is 2.28. The molecule has 0 amide bonds. The van der Waals surface area contributed by atoms with Gasteiger partial charge in [-0.3, -0.25) is 4.79 Å². The van der Waals surface area contributed by atoms with Crippen LogP contribution in [0.15, 0.2) is 24.3 Å². The quantitative estimate of drug-likeness (QED) is 0.820. The number of carboxylic acid groups (broad SMARTS) is 1. The van der Waals surface area contributed by atoms with Gasteiger partial charge in [0, 0.05) is 12.1 Å². The fourth-order valence-electron chi connectivity index (χ4n) is 2.97. The Morgan fingerprint density at radius 1 is 1.25 bits per heavy atom. The molecule has 1 saturated carbocycles. The van der Waals surface area contributed by atoms with E-state index in [2.05, 4.69) is 10.1 Å². The Bertz CT molecular complexity index is 537. The summed E-state index contributed by atoms with van der Waals surface area (Å²) < 4.78 is 41.0. The maximum Gasteiger partial charge on any atom is 0.422 e. The van der Waals surface area contributed by atoms with Crippen LogP contribution in [-0.2, 0) is 4.79 Å². The molecular formula is C17H22F3NO3. The number of halogens is 3. The summed E-state index contributed by atoms with van der Waals surface area (Å²) in [6, 6.07) is 6.84. The molecule has 1 aliphatic rings. The summed E-state index contributed by atoms with van der Waals surface area (Å²) in [5, 5.41) is 12.5. The van der Waals surface area contributed by atoms with Gasteiger partial charge in [0.25, 0.3) is 0 Å². The number of hydrogen-bond acceptors (Lipinski definition) is 3. The molecule has 0 aliphatic heterocycles. The molecule has 4 nitrogen and oxygen atoms in total. The van der Waals surface area contributed by atoms with Crippen molar-refractivity contribution >= 4 is 5.97 Å². The standard InChI is InChI=1S/C17H22F3NO3/c1-11(21-14-6-2-13(3-7-14)16(22)23)12-4-8-15(9-5-12)24-10-17(18,19)20/h4-5,8-9,11,13-14,21H,2-3,6-7,10H2,1H3,(H,22,23). The first-order valence-corrected chi connectivity index (χ1v) is 8.03. The summed E-state index contributed by atoms with van der Waals surface area (Å²) >= 11 is 0. The van der Waals surface area contributed by atoms with Crippen LogP contribution in [-0.4, -0.2) is 29.9 Å². The van der Waals surface area contributed by atoms with E-state index in [1.165, 1.54) is 12.1 Å². The molecule has 1 fully saturated rings. The molecule has 0 spiro atoms. The number of aliphatic carboxylic acids is 1. The number of alkyl halides is 3. The van der Waals surface area contributed by atoms with E-state index in [9.17, 15) is 18.0 Å². The van der Waals surface area contributed by atoms with Gasteiger partial charge in [0.1, 0.15) is 5.75 Å². The van der Waals surface area contributed by atoms with Gasteiger partial charge in [-0.2, -0.15) is 13.2 Å². The van der Waals surface area contributed by atoms with Crippen LogP contribution in [0.25, 0.3) is 0 Å². The monoisotopic (exact) mass is 345 g/mol. The van der Waals surface area contributed by atoms with E-state index >= 15 is 0 Å². The second-order valence-corrected chi connectivity index (χ2v) is 6.25. The highest BCUT2D eigenvalue weighted by molar-refractivity contribution is 5.70. The summed E-state index contributed by atoms with van der Waals surface area (Å²) in [6.45, 7) is 0.682. The fraction of sp³-hybridized carbons (Fsp3) is 0.588. The van der Waals surface area contributed by atoms with Crippen molar-refractivity contribution in [1.82, 2.24) is 5.32 Å². The third kappa shape index (κ3) is 5.70. The molecule has 2 rings (SSSR count). The summed E-state index contributed by atoms with van der Waals surface area (Å²) in [5.41, 5.74) is 0.953. The van der Waals surface area contributed by atoms with Crippen LogP contribution < -0.4 is 10.1 Å². The third-order valence-corrected chi connectivity index (χ3v) is 4.34. The predicted octanol–water partition coefficient (Wildman–Crippen LogP) is 3.92. The number of carbonyl (C=O) groups is 1. The average molecular weight is 345 g/mol. The zero-order valence-corrected chi connectivity index (χ0v) is 13.5. The van der Waals surface area contributed by atoms with Gasteiger partial charge in [0.2, 0.25) is 0 Å². The lowest BCUT2D eigenvalue weighted by Crippen LogP contribution is -2.36. The van der Waals surface area contributed by atoms with Crippen molar-refractivity contribution in [2.45, 2.75) is 50.9 Å². The molecule has 1 atom stereocenters. The lowest BCUT2D eigenvalue weighted by Gasteiger charge is -2.29. The number of nitrogens with one attached hydrogen (secondary N) is 1. The van der Waals surface area contributed by atoms with Crippen LogP contribution in [0.1, 0.15) is 44.2 Å². The Kier molecular flexibility index (Phi) is 6.10. The minimum atomic E-state index is -4.34. The van der Waals surface area contributed by atoms with Gasteiger partial charge in [-0.25, -0.2) is 0 Å². The molecule has 2 N–H and O–H groups in total. The van der Waals surface area contributed by atoms with Gasteiger partial charge in [0.15, 0.2) is 6.61 Å². The van der Waals surface area contributed by atoms with Gasteiger partial charge in [-0.15, -0.1) is 0 Å². The van der Waals surface area contributed by atoms with E-state index in [-0.39, 0.29) is 23.8 Å². The summed E-state index contributed by atoms with van der Waals surface area (Å²) in [6.07, 6.45) is -1.38. The molecule has 1 aromatic rings. The van der Waals surface area contributed by atoms with E-state index in [0.29, 0.717) is 12.8 Å². The highest BCUT2D eigenvalue weighted by atomic mass is 19.4. The van der Waals surface area contributed by atoms with Gasteiger partial charge in [0.05, 0.1) is 5.92 Å². The summed E-state index contributed by atoms with van der Waals surface area (Å²) in [5.74, 6) is -0.787. The normalized spacial score (nSPS) is 22.8. The summed E-state index contributed by atoms with van der Waals surface area (Å²) in [7, 11) is 0. The number of benzene rings is 1. The van der Waals surface area contributed by atoms with Crippen molar-refractivity contribution in [2.24, 2.45) is 5.92 Å². The smallest absolute Gasteiger partial charge is 0.422 e. The van der Waals surface area contributed by atoms with Gasteiger partial charge >= 0.3 is 12.1 Å². The average Bonchev–Trinajstić information content (AvgIpc) is 2.53. The Morgan fingerprint density at radius 2 is 1.83 bits per heavy atom. The molecule has 134 valence electrons. The number of carboxylic acids is 1. The van der Waals surface area contributed by atoms with E-state index in [4.69, 9.17) is 5.11 Å². The van der Waals surface area contributed by atoms with Crippen LogP contribution in [0.3, 0.4) is 0 Å². The van der Waals surface area contributed by atoms with E-state index in [1.54, 1.807) is 12.1 Å². The van der Waals surface area contributed by atoms with Crippen molar-refractivity contribution in [3.63, 3.8) is 0 Å². The Labute approximate surface area is 139 Å². The number of hydrogen-bond donors (Lipinski definition) is 2. The second-order valence-electron chi connectivity index (χ2n) is 6.25. The molecule has 0 heterocycles. The lowest BCUT2D eigenvalue weighted by molar-refractivity contribution is -0.153. The first-order valence-electron chi connectivity index (χ1n) is 8.03. The molecular weight excluding hydrogens is 323 g/mol. The van der Waals surface area contributed by atoms with E-state index < -0.39 is 18.8 Å². The van der Waals surface area contributed by atoms with Crippen LogP contribution in [0.5, 0.6) is 5.75 Å². The lowest BCUT2D eigenvalue weighted by atomic mass is 9.85. The molecule has 24 heavy (non-hydrogen) atoms. The molecule has 7 heteroatoms.